The van der Waals surface area contributed by atoms with Gasteiger partial charge in [0.15, 0.2) is 0 Å². The summed E-state index contributed by atoms with van der Waals surface area (Å²) < 4.78 is 5.61. The zero-order valence-corrected chi connectivity index (χ0v) is 13.9. The van der Waals surface area contributed by atoms with Crippen LogP contribution in [0, 0.1) is 0 Å². The zero-order chi connectivity index (χ0) is 15.7. The van der Waals surface area contributed by atoms with Crippen molar-refractivity contribution in [1.29, 1.82) is 0 Å². The zero-order valence-electron chi connectivity index (χ0n) is 12.4. The second kappa shape index (κ2) is 6.42. The Balaban J connectivity index is 1.77. The third-order valence-corrected chi connectivity index (χ3v) is 4.60. The molecule has 5 nitrogen and oxygen atoms in total. The number of hydrogen-bond acceptors (Lipinski definition) is 3. The molecule has 2 aliphatic rings. The van der Waals surface area contributed by atoms with Crippen molar-refractivity contribution in [3.63, 3.8) is 0 Å². The van der Waals surface area contributed by atoms with Crippen molar-refractivity contribution in [2.45, 2.75) is 25.8 Å². The molecule has 1 atom stereocenters. The SMILES string of the molecule is CCNC(=O)NC1CCN(c2c(Cl)cc(Cl)c3c2CCO3)C1. The van der Waals surface area contributed by atoms with Crippen LogP contribution in [0.3, 0.4) is 0 Å². The van der Waals surface area contributed by atoms with E-state index >= 15 is 0 Å². The standard InChI is InChI=1S/C15H19Cl2N3O2/c1-2-18-15(21)19-9-3-5-20(8-9)13-10-4-6-22-14(10)12(17)7-11(13)16/h7,9H,2-6,8H2,1H3,(H2,18,19,21). The fourth-order valence-electron chi connectivity index (χ4n) is 3.10. The first kappa shape index (κ1) is 15.6. The van der Waals surface area contributed by atoms with Crippen LogP contribution in [0.5, 0.6) is 5.75 Å². The molecular formula is C15H19Cl2N3O2. The van der Waals surface area contributed by atoms with Crippen LogP contribution in [0.1, 0.15) is 18.9 Å². The lowest BCUT2D eigenvalue weighted by atomic mass is 10.1. The van der Waals surface area contributed by atoms with E-state index < -0.39 is 0 Å². The van der Waals surface area contributed by atoms with Crippen LogP contribution < -0.4 is 20.3 Å². The lowest BCUT2D eigenvalue weighted by molar-refractivity contribution is 0.238. The van der Waals surface area contributed by atoms with Crippen LogP contribution in [0.15, 0.2) is 6.07 Å². The topological polar surface area (TPSA) is 53.6 Å². The van der Waals surface area contributed by atoms with E-state index in [4.69, 9.17) is 27.9 Å². The van der Waals surface area contributed by atoms with Gasteiger partial charge in [0.05, 0.1) is 22.3 Å². The van der Waals surface area contributed by atoms with Crippen molar-refractivity contribution in [3.05, 3.63) is 21.7 Å². The maximum absolute atomic E-state index is 11.6. The lowest BCUT2D eigenvalue weighted by Gasteiger charge is -2.23. The second-order valence-electron chi connectivity index (χ2n) is 5.53. The van der Waals surface area contributed by atoms with Gasteiger partial charge in [0.25, 0.3) is 0 Å². The van der Waals surface area contributed by atoms with E-state index in [0.717, 1.165) is 42.9 Å². The lowest BCUT2D eigenvalue weighted by Crippen LogP contribution is -2.43. The second-order valence-corrected chi connectivity index (χ2v) is 6.34. The summed E-state index contributed by atoms with van der Waals surface area (Å²) in [5, 5.41) is 6.95. The van der Waals surface area contributed by atoms with Gasteiger partial charge in [-0.1, -0.05) is 23.2 Å². The van der Waals surface area contributed by atoms with Gasteiger partial charge in [-0.15, -0.1) is 0 Å². The van der Waals surface area contributed by atoms with Crippen LogP contribution in [-0.2, 0) is 6.42 Å². The first-order chi connectivity index (χ1) is 10.6. The molecule has 1 unspecified atom stereocenters. The monoisotopic (exact) mass is 343 g/mol. The Morgan fingerprint density at radius 1 is 1.45 bits per heavy atom. The van der Waals surface area contributed by atoms with Crippen molar-refractivity contribution >= 4 is 34.9 Å². The van der Waals surface area contributed by atoms with E-state index in [1.165, 1.54) is 0 Å². The highest BCUT2D eigenvalue weighted by Crippen LogP contribution is 2.45. The summed E-state index contributed by atoms with van der Waals surface area (Å²) in [6, 6.07) is 1.74. The van der Waals surface area contributed by atoms with Crippen LogP contribution in [-0.4, -0.2) is 38.3 Å². The summed E-state index contributed by atoms with van der Waals surface area (Å²) >= 11 is 12.6. The molecule has 0 aromatic heterocycles. The van der Waals surface area contributed by atoms with Gasteiger partial charge < -0.3 is 20.3 Å². The number of rotatable bonds is 3. The highest BCUT2D eigenvalue weighted by molar-refractivity contribution is 6.37. The molecule has 0 saturated carbocycles. The number of carbonyl (C=O) groups excluding carboxylic acids is 1. The molecule has 22 heavy (non-hydrogen) atoms. The number of benzene rings is 1. The normalized spacial score (nSPS) is 19.8. The molecule has 2 amide bonds. The van der Waals surface area contributed by atoms with E-state index in [9.17, 15) is 4.79 Å². The van der Waals surface area contributed by atoms with Gasteiger partial charge in [-0.3, -0.25) is 0 Å². The number of urea groups is 1. The minimum Gasteiger partial charge on any atom is -0.491 e. The van der Waals surface area contributed by atoms with Crippen LogP contribution >= 0.6 is 23.2 Å². The van der Waals surface area contributed by atoms with Crippen molar-refractivity contribution in [2.24, 2.45) is 0 Å². The number of fused-ring (bicyclic) bond motifs is 1. The number of carbonyl (C=O) groups is 1. The molecule has 0 aliphatic carbocycles. The van der Waals surface area contributed by atoms with E-state index in [1.807, 2.05) is 6.92 Å². The molecule has 0 radical (unpaired) electrons. The fraction of sp³-hybridized carbons (Fsp3) is 0.533. The number of hydrogen-bond donors (Lipinski definition) is 2. The Labute approximate surface area is 139 Å². The summed E-state index contributed by atoms with van der Waals surface area (Å²) in [5.41, 5.74) is 2.08. The third kappa shape index (κ3) is 2.92. The number of halogens is 2. The predicted molar refractivity (Wildman–Crippen MR) is 88.5 cm³/mol. The summed E-state index contributed by atoms with van der Waals surface area (Å²) in [7, 11) is 0. The van der Waals surface area contributed by atoms with E-state index in [0.29, 0.717) is 23.2 Å². The molecule has 2 N–H and O–H groups in total. The number of anilines is 1. The smallest absolute Gasteiger partial charge is 0.315 e. The Morgan fingerprint density at radius 2 is 2.27 bits per heavy atom. The van der Waals surface area contributed by atoms with Crippen molar-refractivity contribution in [3.8, 4) is 5.75 Å². The summed E-state index contributed by atoms with van der Waals surface area (Å²) in [6.07, 6.45) is 1.71. The largest absolute Gasteiger partial charge is 0.491 e. The van der Waals surface area contributed by atoms with Crippen LogP contribution in [0.4, 0.5) is 10.5 Å². The van der Waals surface area contributed by atoms with E-state index in [1.54, 1.807) is 6.07 Å². The van der Waals surface area contributed by atoms with Crippen molar-refractivity contribution < 1.29 is 9.53 Å². The average molecular weight is 344 g/mol. The van der Waals surface area contributed by atoms with Gasteiger partial charge in [-0.05, 0) is 19.4 Å². The van der Waals surface area contributed by atoms with Gasteiger partial charge in [0.2, 0.25) is 0 Å². The van der Waals surface area contributed by atoms with E-state index in [-0.39, 0.29) is 12.1 Å². The minimum absolute atomic E-state index is 0.120. The van der Waals surface area contributed by atoms with Crippen molar-refractivity contribution in [2.75, 3.05) is 31.1 Å². The van der Waals surface area contributed by atoms with Crippen LogP contribution in [0.25, 0.3) is 0 Å². The Bertz CT molecular complexity index is 595. The number of nitrogens with zero attached hydrogens (tertiary/aromatic N) is 1. The number of ether oxygens (including phenoxy) is 1. The molecule has 1 fully saturated rings. The van der Waals surface area contributed by atoms with Crippen molar-refractivity contribution in [1.82, 2.24) is 10.6 Å². The highest BCUT2D eigenvalue weighted by Gasteiger charge is 2.30. The number of nitrogens with one attached hydrogen (secondary N) is 2. The molecular weight excluding hydrogens is 325 g/mol. The molecule has 2 aliphatic heterocycles. The molecule has 3 rings (SSSR count). The Hall–Kier alpha value is -1.33. The molecule has 0 spiro atoms. The molecule has 2 heterocycles. The summed E-state index contributed by atoms with van der Waals surface area (Å²) in [5.74, 6) is 0.751. The Kier molecular flexibility index (Phi) is 4.54. The third-order valence-electron chi connectivity index (χ3n) is 4.03. The predicted octanol–water partition coefficient (Wildman–Crippen LogP) is 2.83. The van der Waals surface area contributed by atoms with Gasteiger partial charge >= 0.3 is 6.03 Å². The summed E-state index contributed by atoms with van der Waals surface area (Å²) in [4.78, 5) is 13.8. The number of amides is 2. The molecule has 7 heteroatoms. The van der Waals surface area contributed by atoms with E-state index in [2.05, 4.69) is 15.5 Å². The average Bonchev–Trinajstić information content (AvgIpc) is 3.09. The molecule has 120 valence electrons. The highest BCUT2D eigenvalue weighted by atomic mass is 35.5. The Morgan fingerprint density at radius 3 is 3.05 bits per heavy atom. The van der Waals surface area contributed by atoms with Gasteiger partial charge in [-0.25, -0.2) is 4.79 Å². The van der Waals surface area contributed by atoms with Gasteiger partial charge in [0.1, 0.15) is 5.75 Å². The molecule has 1 saturated heterocycles. The first-order valence-corrected chi connectivity index (χ1v) is 8.28. The minimum atomic E-state index is -0.120. The van der Waals surface area contributed by atoms with Crippen LogP contribution in [0.2, 0.25) is 10.0 Å². The quantitative estimate of drug-likeness (QED) is 0.887. The maximum Gasteiger partial charge on any atom is 0.315 e. The molecule has 1 aromatic rings. The molecule has 0 bridgehead atoms. The first-order valence-electron chi connectivity index (χ1n) is 7.53. The molecule has 1 aromatic carbocycles. The fourth-order valence-corrected chi connectivity index (χ4v) is 3.78. The summed E-state index contributed by atoms with van der Waals surface area (Å²) in [6.45, 7) is 4.75. The van der Waals surface area contributed by atoms with Gasteiger partial charge in [0, 0.05) is 37.7 Å². The maximum atomic E-state index is 11.6. The van der Waals surface area contributed by atoms with Gasteiger partial charge in [-0.2, -0.15) is 0 Å².